The number of likely N-dealkylation sites (tertiary alicyclic amines) is 1. The minimum absolute atomic E-state index is 0.0239. The molecule has 0 saturated carbocycles. The van der Waals surface area contributed by atoms with Crippen molar-refractivity contribution < 1.29 is 14.4 Å². The predicted octanol–water partition coefficient (Wildman–Crippen LogP) is 0.870. The molecule has 3 amide bonds. The van der Waals surface area contributed by atoms with Gasteiger partial charge in [-0.2, -0.15) is 0 Å². The van der Waals surface area contributed by atoms with Crippen molar-refractivity contribution in [2.75, 3.05) is 33.7 Å². The van der Waals surface area contributed by atoms with Crippen molar-refractivity contribution in [1.29, 1.82) is 0 Å². The summed E-state index contributed by atoms with van der Waals surface area (Å²) < 4.78 is 1.92. The Kier molecular flexibility index (Phi) is 5.07. The molecule has 7 nitrogen and oxygen atoms in total. The van der Waals surface area contributed by atoms with Crippen LogP contribution in [-0.2, 0) is 29.6 Å². The van der Waals surface area contributed by atoms with Gasteiger partial charge in [0.2, 0.25) is 11.8 Å². The summed E-state index contributed by atoms with van der Waals surface area (Å²) in [6, 6.07) is 1.96. The fourth-order valence-electron chi connectivity index (χ4n) is 3.99. The van der Waals surface area contributed by atoms with E-state index in [9.17, 15) is 14.4 Å². The molecular formula is C19H28N4O3. The number of amides is 3. The molecule has 3 rings (SSSR count). The number of piperidine rings is 1. The van der Waals surface area contributed by atoms with Crippen LogP contribution in [0.5, 0.6) is 0 Å². The zero-order valence-corrected chi connectivity index (χ0v) is 16.1. The van der Waals surface area contributed by atoms with Crippen LogP contribution in [0.25, 0.3) is 0 Å². The number of carbonyl (C=O) groups is 3. The summed E-state index contributed by atoms with van der Waals surface area (Å²) in [5.74, 6) is 0.0301. The van der Waals surface area contributed by atoms with E-state index in [1.807, 2.05) is 22.6 Å². The first-order chi connectivity index (χ1) is 12.3. The van der Waals surface area contributed by atoms with Gasteiger partial charge in [-0.05, 0) is 30.9 Å². The Morgan fingerprint density at radius 3 is 2.54 bits per heavy atom. The molecule has 0 N–H and O–H groups in total. The van der Waals surface area contributed by atoms with Crippen LogP contribution in [0.15, 0.2) is 6.07 Å². The molecule has 0 spiro atoms. The Morgan fingerprint density at radius 1 is 1.15 bits per heavy atom. The maximum Gasteiger partial charge on any atom is 0.269 e. The smallest absolute Gasteiger partial charge is 0.269 e. The molecule has 0 radical (unpaired) electrons. The highest BCUT2D eigenvalue weighted by molar-refractivity contribution is 5.93. The molecule has 0 bridgehead atoms. The highest BCUT2D eigenvalue weighted by Gasteiger charge is 2.33. The molecule has 2 aliphatic heterocycles. The first kappa shape index (κ1) is 18.5. The Balaban J connectivity index is 1.75. The minimum atomic E-state index is -0.114. The highest BCUT2D eigenvalue weighted by Crippen LogP contribution is 2.26. The van der Waals surface area contributed by atoms with E-state index in [0.717, 1.165) is 37.1 Å². The molecule has 1 fully saturated rings. The van der Waals surface area contributed by atoms with E-state index in [1.54, 1.807) is 30.8 Å². The van der Waals surface area contributed by atoms with Crippen LogP contribution in [0.4, 0.5) is 0 Å². The molecule has 26 heavy (non-hydrogen) atoms. The molecule has 142 valence electrons. The van der Waals surface area contributed by atoms with Gasteiger partial charge in [0.05, 0.1) is 12.5 Å². The molecule has 3 heterocycles. The van der Waals surface area contributed by atoms with Crippen LogP contribution >= 0.6 is 0 Å². The molecule has 1 saturated heterocycles. The number of carbonyl (C=O) groups excluding carboxylic acids is 3. The van der Waals surface area contributed by atoms with Crippen LogP contribution < -0.4 is 0 Å². The third-order valence-corrected chi connectivity index (χ3v) is 5.59. The summed E-state index contributed by atoms with van der Waals surface area (Å²) in [5, 5.41) is 0. The lowest BCUT2D eigenvalue weighted by Crippen LogP contribution is -2.47. The van der Waals surface area contributed by atoms with Crippen molar-refractivity contribution in [2.45, 2.75) is 32.7 Å². The summed E-state index contributed by atoms with van der Waals surface area (Å²) in [7, 11) is 5.38. The second kappa shape index (κ2) is 7.13. The van der Waals surface area contributed by atoms with E-state index in [-0.39, 0.29) is 23.6 Å². The molecule has 1 aromatic rings. The number of rotatable bonds is 2. The summed E-state index contributed by atoms with van der Waals surface area (Å²) in [4.78, 5) is 42.2. The molecule has 7 heteroatoms. The standard InChI is InChI=1S/C19H28N4O3/c1-13(24)22-8-5-6-15(11-22)18(25)23-9-7-14-10-16(19(26)20(2)3)21(4)17(14)12-23/h10,15H,5-9,11-12H2,1-4H3/t15-/m0/s1. The maximum atomic E-state index is 13.0. The van der Waals surface area contributed by atoms with E-state index in [4.69, 9.17) is 0 Å². The van der Waals surface area contributed by atoms with Crippen molar-refractivity contribution in [3.63, 3.8) is 0 Å². The van der Waals surface area contributed by atoms with Crippen LogP contribution in [0, 0.1) is 5.92 Å². The Hall–Kier alpha value is -2.31. The zero-order valence-electron chi connectivity index (χ0n) is 16.1. The van der Waals surface area contributed by atoms with Gasteiger partial charge in [-0.15, -0.1) is 0 Å². The summed E-state index contributed by atoms with van der Waals surface area (Å²) in [6.07, 6.45) is 2.48. The number of nitrogens with zero attached hydrogens (tertiary/aromatic N) is 4. The third-order valence-electron chi connectivity index (χ3n) is 5.59. The minimum Gasteiger partial charge on any atom is -0.343 e. The van der Waals surface area contributed by atoms with Gasteiger partial charge in [-0.3, -0.25) is 14.4 Å². The Labute approximate surface area is 154 Å². The van der Waals surface area contributed by atoms with E-state index in [2.05, 4.69) is 0 Å². The zero-order chi connectivity index (χ0) is 19.0. The quantitative estimate of drug-likeness (QED) is 0.786. The van der Waals surface area contributed by atoms with E-state index >= 15 is 0 Å². The van der Waals surface area contributed by atoms with Crippen LogP contribution in [-0.4, -0.2) is 70.7 Å². The van der Waals surface area contributed by atoms with Crippen molar-refractivity contribution in [3.8, 4) is 0 Å². The number of hydrogen-bond donors (Lipinski definition) is 0. The van der Waals surface area contributed by atoms with Crippen LogP contribution in [0.3, 0.4) is 0 Å². The van der Waals surface area contributed by atoms with Gasteiger partial charge in [-0.25, -0.2) is 0 Å². The van der Waals surface area contributed by atoms with Crippen molar-refractivity contribution >= 4 is 17.7 Å². The first-order valence-electron chi connectivity index (χ1n) is 9.23. The lowest BCUT2D eigenvalue weighted by molar-refractivity contribution is -0.141. The fourth-order valence-corrected chi connectivity index (χ4v) is 3.99. The fraction of sp³-hybridized carbons (Fsp3) is 0.632. The van der Waals surface area contributed by atoms with Crippen molar-refractivity contribution in [2.24, 2.45) is 13.0 Å². The lowest BCUT2D eigenvalue weighted by atomic mass is 9.95. The van der Waals surface area contributed by atoms with Gasteiger partial charge in [-0.1, -0.05) is 0 Å². The predicted molar refractivity (Wildman–Crippen MR) is 97.5 cm³/mol. The summed E-state index contributed by atoms with van der Waals surface area (Å²) in [6.45, 7) is 4.03. The average molecular weight is 360 g/mol. The van der Waals surface area contributed by atoms with Gasteiger partial charge >= 0.3 is 0 Å². The van der Waals surface area contributed by atoms with E-state index in [1.165, 1.54) is 0 Å². The van der Waals surface area contributed by atoms with Crippen molar-refractivity contribution in [1.82, 2.24) is 19.3 Å². The van der Waals surface area contributed by atoms with Gasteiger partial charge < -0.3 is 19.3 Å². The van der Waals surface area contributed by atoms with Gasteiger partial charge in [0.25, 0.3) is 5.91 Å². The second-order valence-corrected chi connectivity index (χ2v) is 7.57. The topological polar surface area (TPSA) is 65.9 Å². The highest BCUT2D eigenvalue weighted by atomic mass is 16.2. The summed E-state index contributed by atoms with van der Waals surface area (Å²) >= 11 is 0. The third kappa shape index (κ3) is 3.34. The maximum absolute atomic E-state index is 13.0. The largest absolute Gasteiger partial charge is 0.343 e. The Morgan fingerprint density at radius 2 is 1.88 bits per heavy atom. The second-order valence-electron chi connectivity index (χ2n) is 7.57. The van der Waals surface area contributed by atoms with Crippen LogP contribution in [0.1, 0.15) is 41.5 Å². The molecule has 0 aliphatic carbocycles. The number of fused-ring (bicyclic) bond motifs is 1. The molecular weight excluding hydrogens is 332 g/mol. The average Bonchev–Trinajstić information content (AvgIpc) is 2.96. The SMILES string of the molecule is CC(=O)N1CCC[C@H](C(=O)N2CCc3cc(C(=O)N(C)C)n(C)c3C2)C1. The molecule has 0 aromatic carbocycles. The molecule has 1 atom stereocenters. The normalized spacial score (nSPS) is 19.9. The lowest BCUT2D eigenvalue weighted by Gasteiger charge is -2.36. The summed E-state index contributed by atoms with van der Waals surface area (Å²) in [5.41, 5.74) is 2.85. The van der Waals surface area contributed by atoms with E-state index < -0.39 is 0 Å². The van der Waals surface area contributed by atoms with Gasteiger partial charge in [0.1, 0.15) is 5.69 Å². The molecule has 0 unspecified atom stereocenters. The number of hydrogen-bond acceptors (Lipinski definition) is 3. The Bertz CT molecular complexity index is 737. The number of aromatic nitrogens is 1. The van der Waals surface area contributed by atoms with E-state index in [0.29, 0.717) is 25.3 Å². The van der Waals surface area contributed by atoms with Gasteiger partial charge in [0, 0.05) is 53.4 Å². The molecule has 2 aliphatic rings. The monoisotopic (exact) mass is 360 g/mol. The van der Waals surface area contributed by atoms with Crippen molar-refractivity contribution in [3.05, 3.63) is 23.0 Å². The molecule has 1 aromatic heterocycles. The first-order valence-corrected chi connectivity index (χ1v) is 9.23. The van der Waals surface area contributed by atoms with Crippen LogP contribution in [0.2, 0.25) is 0 Å². The van der Waals surface area contributed by atoms with Gasteiger partial charge in [0.15, 0.2) is 0 Å².